The number of amides is 1. The molecule has 1 N–H and O–H groups in total. The highest BCUT2D eigenvalue weighted by atomic mass is 16.5. The first kappa shape index (κ1) is 21.5. The van der Waals surface area contributed by atoms with Gasteiger partial charge < -0.3 is 10.1 Å². The first-order chi connectivity index (χ1) is 12.3. The largest absolute Gasteiger partial charge is 0.491 e. The van der Waals surface area contributed by atoms with Crippen LogP contribution in [-0.4, -0.2) is 12.5 Å². The predicted molar refractivity (Wildman–Crippen MR) is 107 cm³/mol. The maximum atomic E-state index is 12.1. The molecule has 1 aromatic carbocycles. The number of benzene rings is 1. The molecule has 0 aromatic heterocycles. The second-order valence-electron chi connectivity index (χ2n) is 6.82. The molecule has 3 heteroatoms. The van der Waals surface area contributed by atoms with Crippen LogP contribution in [0.5, 0.6) is 5.75 Å². The lowest BCUT2D eigenvalue weighted by Crippen LogP contribution is -2.12. The van der Waals surface area contributed by atoms with Gasteiger partial charge in [-0.15, -0.1) is 0 Å². The molecule has 0 aliphatic carbocycles. The quantitative estimate of drug-likeness (QED) is 0.357. The lowest BCUT2D eigenvalue weighted by molar-refractivity contribution is -0.116. The van der Waals surface area contributed by atoms with Crippen LogP contribution in [-0.2, 0) is 4.79 Å². The number of nitrogens with one attached hydrogen (secondary N) is 1. The summed E-state index contributed by atoms with van der Waals surface area (Å²) in [7, 11) is 0. The van der Waals surface area contributed by atoms with Crippen molar-refractivity contribution in [2.45, 2.75) is 90.9 Å². The highest BCUT2D eigenvalue weighted by molar-refractivity contribution is 5.92. The number of hydrogen-bond acceptors (Lipinski definition) is 2. The van der Waals surface area contributed by atoms with Crippen molar-refractivity contribution < 1.29 is 9.53 Å². The summed E-state index contributed by atoms with van der Waals surface area (Å²) in [5, 5.41) is 3.00. The van der Waals surface area contributed by atoms with E-state index < -0.39 is 0 Å². The van der Waals surface area contributed by atoms with Crippen molar-refractivity contribution in [3.63, 3.8) is 0 Å². The van der Waals surface area contributed by atoms with Gasteiger partial charge in [-0.25, -0.2) is 0 Å². The standard InChI is InChI=1S/C22H37NO2/c1-3-5-7-8-9-10-11-12-13-18-22(24)23-20-16-14-15-17-21(20)25-19-6-4-2/h14-17H,3-13,18-19H2,1-2H3,(H,23,24). The van der Waals surface area contributed by atoms with E-state index in [9.17, 15) is 4.79 Å². The second kappa shape index (κ2) is 14.8. The van der Waals surface area contributed by atoms with E-state index in [1.807, 2.05) is 24.3 Å². The monoisotopic (exact) mass is 347 g/mol. The van der Waals surface area contributed by atoms with Gasteiger partial charge in [0.1, 0.15) is 5.75 Å². The Morgan fingerprint density at radius 2 is 1.44 bits per heavy atom. The fourth-order valence-electron chi connectivity index (χ4n) is 2.83. The number of carbonyl (C=O) groups is 1. The van der Waals surface area contributed by atoms with Gasteiger partial charge in [-0.1, -0.05) is 83.8 Å². The van der Waals surface area contributed by atoms with E-state index in [0.717, 1.165) is 37.1 Å². The zero-order chi connectivity index (χ0) is 18.2. The second-order valence-corrected chi connectivity index (χ2v) is 6.82. The van der Waals surface area contributed by atoms with Gasteiger partial charge in [0, 0.05) is 6.42 Å². The van der Waals surface area contributed by atoms with E-state index in [1.165, 1.54) is 44.9 Å². The van der Waals surface area contributed by atoms with Crippen LogP contribution in [0.15, 0.2) is 24.3 Å². The molecule has 1 aromatic rings. The minimum atomic E-state index is 0.0921. The molecule has 0 unspecified atom stereocenters. The zero-order valence-electron chi connectivity index (χ0n) is 16.3. The third-order valence-electron chi connectivity index (χ3n) is 4.42. The number of ether oxygens (including phenoxy) is 1. The van der Waals surface area contributed by atoms with Crippen molar-refractivity contribution >= 4 is 11.6 Å². The highest BCUT2D eigenvalue weighted by Gasteiger charge is 2.07. The van der Waals surface area contributed by atoms with Crippen LogP contribution in [0.2, 0.25) is 0 Å². The van der Waals surface area contributed by atoms with Gasteiger partial charge >= 0.3 is 0 Å². The SMILES string of the molecule is CCCCCCCCCCCC(=O)Nc1ccccc1OCCCC. The Morgan fingerprint density at radius 1 is 0.840 bits per heavy atom. The first-order valence-corrected chi connectivity index (χ1v) is 10.3. The smallest absolute Gasteiger partial charge is 0.224 e. The van der Waals surface area contributed by atoms with Gasteiger partial charge in [0.05, 0.1) is 12.3 Å². The summed E-state index contributed by atoms with van der Waals surface area (Å²) in [5.74, 6) is 0.867. The molecule has 0 saturated carbocycles. The number of rotatable bonds is 15. The molecule has 142 valence electrons. The molecular formula is C22H37NO2. The van der Waals surface area contributed by atoms with Crippen LogP contribution in [0, 0.1) is 0 Å². The third kappa shape index (κ3) is 10.9. The molecule has 3 nitrogen and oxygen atoms in total. The molecule has 0 aliphatic heterocycles. The summed E-state index contributed by atoms with van der Waals surface area (Å²) in [5.41, 5.74) is 0.791. The highest BCUT2D eigenvalue weighted by Crippen LogP contribution is 2.24. The van der Waals surface area contributed by atoms with Crippen molar-refractivity contribution in [1.29, 1.82) is 0 Å². The van der Waals surface area contributed by atoms with Crippen molar-refractivity contribution in [3.05, 3.63) is 24.3 Å². The molecule has 0 radical (unpaired) electrons. The fourth-order valence-corrected chi connectivity index (χ4v) is 2.83. The van der Waals surface area contributed by atoms with Crippen molar-refractivity contribution in [1.82, 2.24) is 0 Å². The lowest BCUT2D eigenvalue weighted by Gasteiger charge is -2.12. The van der Waals surface area contributed by atoms with Crippen LogP contribution in [0.3, 0.4) is 0 Å². The number of para-hydroxylation sites is 2. The Balaban J connectivity index is 2.15. The van der Waals surface area contributed by atoms with Gasteiger partial charge in [-0.05, 0) is 25.0 Å². The maximum absolute atomic E-state index is 12.1. The molecule has 0 aliphatic rings. The minimum Gasteiger partial charge on any atom is -0.491 e. The summed E-state index contributed by atoms with van der Waals surface area (Å²) in [6, 6.07) is 7.71. The fraction of sp³-hybridized carbons (Fsp3) is 0.682. The summed E-state index contributed by atoms with van der Waals surface area (Å²) in [6.07, 6.45) is 14.2. The third-order valence-corrected chi connectivity index (χ3v) is 4.42. The first-order valence-electron chi connectivity index (χ1n) is 10.3. The molecule has 0 saturated heterocycles. The summed E-state index contributed by atoms with van der Waals surface area (Å²) in [6.45, 7) is 5.09. The predicted octanol–water partition coefficient (Wildman–Crippen LogP) is 6.72. The van der Waals surface area contributed by atoms with E-state index in [-0.39, 0.29) is 5.91 Å². The Kier molecular flexibility index (Phi) is 12.7. The summed E-state index contributed by atoms with van der Waals surface area (Å²) in [4.78, 5) is 12.1. The summed E-state index contributed by atoms with van der Waals surface area (Å²) >= 11 is 0. The minimum absolute atomic E-state index is 0.0921. The molecular weight excluding hydrogens is 310 g/mol. The number of hydrogen-bond donors (Lipinski definition) is 1. The van der Waals surface area contributed by atoms with Crippen LogP contribution in [0.4, 0.5) is 5.69 Å². The topological polar surface area (TPSA) is 38.3 Å². The van der Waals surface area contributed by atoms with E-state index in [0.29, 0.717) is 13.0 Å². The average molecular weight is 348 g/mol. The van der Waals surface area contributed by atoms with E-state index in [2.05, 4.69) is 19.2 Å². The average Bonchev–Trinajstić information content (AvgIpc) is 2.62. The molecule has 0 spiro atoms. The van der Waals surface area contributed by atoms with Crippen LogP contribution in [0.1, 0.15) is 90.9 Å². The van der Waals surface area contributed by atoms with Crippen molar-refractivity contribution in [2.75, 3.05) is 11.9 Å². The van der Waals surface area contributed by atoms with Gasteiger partial charge in [-0.3, -0.25) is 4.79 Å². The molecule has 0 heterocycles. The van der Waals surface area contributed by atoms with Crippen molar-refractivity contribution in [3.8, 4) is 5.75 Å². The van der Waals surface area contributed by atoms with Gasteiger partial charge in [0.2, 0.25) is 5.91 Å². The molecule has 0 bridgehead atoms. The molecule has 1 rings (SSSR count). The lowest BCUT2D eigenvalue weighted by atomic mass is 10.1. The molecule has 25 heavy (non-hydrogen) atoms. The van der Waals surface area contributed by atoms with Gasteiger partial charge in [0.15, 0.2) is 0 Å². The number of unbranched alkanes of at least 4 members (excludes halogenated alkanes) is 9. The van der Waals surface area contributed by atoms with Gasteiger partial charge in [-0.2, -0.15) is 0 Å². The number of anilines is 1. The maximum Gasteiger partial charge on any atom is 0.224 e. The Labute approximate surface area is 154 Å². The molecule has 1 amide bonds. The van der Waals surface area contributed by atoms with Crippen molar-refractivity contribution in [2.24, 2.45) is 0 Å². The number of carbonyl (C=O) groups excluding carboxylic acids is 1. The van der Waals surface area contributed by atoms with Crippen LogP contribution < -0.4 is 10.1 Å². The van der Waals surface area contributed by atoms with E-state index in [1.54, 1.807) is 0 Å². The van der Waals surface area contributed by atoms with E-state index in [4.69, 9.17) is 4.74 Å². The Morgan fingerprint density at radius 3 is 2.12 bits per heavy atom. The Bertz CT molecular complexity index is 459. The van der Waals surface area contributed by atoms with Gasteiger partial charge in [0.25, 0.3) is 0 Å². The molecule has 0 atom stereocenters. The molecule has 0 fully saturated rings. The van der Waals surface area contributed by atoms with Crippen LogP contribution >= 0.6 is 0 Å². The normalized spacial score (nSPS) is 10.6. The Hall–Kier alpha value is -1.51. The van der Waals surface area contributed by atoms with Crippen LogP contribution in [0.25, 0.3) is 0 Å². The van der Waals surface area contributed by atoms with E-state index >= 15 is 0 Å². The zero-order valence-corrected chi connectivity index (χ0v) is 16.3. The summed E-state index contributed by atoms with van der Waals surface area (Å²) < 4.78 is 5.76.